The summed E-state index contributed by atoms with van der Waals surface area (Å²) in [6, 6.07) is -1.06. The van der Waals surface area contributed by atoms with Gasteiger partial charge in [0.1, 0.15) is 6.04 Å². The molecule has 0 spiro atoms. The second-order valence-electron chi connectivity index (χ2n) is 2.19. The number of carboxylic acids is 2. The maximum absolute atomic E-state index is 9.99. The fraction of sp³-hybridized carbons (Fsp3) is 0.571. The van der Waals surface area contributed by atoms with E-state index in [1.807, 2.05) is 0 Å². The fourth-order valence-corrected chi connectivity index (χ4v) is 0.402. The predicted octanol–water partition coefficient (Wildman–Crippen LogP) is -0.785. The molecule has 0 aromatic carbocycles. The topological polar surface area (TPSA) is 130 Å². The summed E-state index contributed by atoms with van der Waals surface area (Å²) in [5.41, 5.74) is 5.00. The maximum Gasteiger partial charge on any atom is 0.320 e. The highest BCUT2D eigenvalue weighted by Crippen LogP contribution is 1.93. The van der Waals surface area contributed by atoms with Crippen LogP contribution in [0.1, 0.15) is 12.8 Å². The summed E-state index contributed by atoms with van der Waals surface area (Å²) in [5.74, 6) is -2.20. The van der Waals surface area contributed by atoms with Gasteiger partial charge in [-0.15, -0.1) is 0 Å². The van der Waals surface area contributed by atoms with Crippen LogP contribution in [0.15, 0.2) is 4.99 Å². The molecular weight excluding hydrogens is 192 g/mol. The molecule has 0 aliphatic rings. The summed E-state index contributed by atoms with van der Waals surface area (Å²) in [6.07, 6.45) is 1.08. The van der Waals surface area contributed by atoms with Crippen LogP contribution < -0.4 is 5.73 Å². The number of rotatable bonds is 4. The van der Waals surface area contributed by atoms with Crippen LogP contribution in [0.3, 0.4) is 0 Å². The molecule has 7 heteroatoms. The molecule has 7 nitrogen and oxygen atoms in total. The molecule has 80 valence electrons. The normalized spacial score (nSPS) is 10.1. The van der Waals surface area contributed by atoms with Gasteiger partial charge in [-0.05, 0) is 6.42 Å². The molecule has 1 atom stereocenters. The molecule has 0 radical (unpaired) electrons. The zero-order valence-electron chi connectivity index (χ0n) is 7.64. The average molecular weight is 204 g/mol. The first-order valence-corrected chi connectivity index (χ1v) is 3.61. The Kier molecular flexibility index (Phi) is 9.89. The van der Waals surface area contributed by atoms with Crippen molar-refractivity contribution >= 4 is 18.0 Å². The van der Waals surface area contributed by atoms with Crippen LogP contribution in [-0.4, -0.2) is 41.3 Å². The van der Waals surface area contributed by atoms with E-state index in [-0.39, 0.29) is 12.8 Å². The highest BCUT2D eigenvalue weighted by atomic mass is 16.4. The summed E-state index contributed by atoms with van der Waals surface area (Å²) < 4.78 is 0. The number of aliphatic carboxylic acids is 2. The second-order valence-corrected chi connectivity index (χ2v) is 2.19. The number of isocyanates is 1. The molecule has 0 bridgehead atoms. The van der Waals surface area contributed by atoms with Gasteiger partial charge in [0.05, 0.1) is 0 Å². The zero-order chi connectivity index (χ0) is 11.6. The van der Waals surface area contributed by atoms with Crippen molar-refractivity contribution in [2.45, 2.75) is 18.9 Å². The van der Waals surface area contributed by atoms with E-state index in [0.717, 1.165) is 0 Å². The van der Waals surface area contributed by atoms with E-state index in [1.54, 1.807) is 0 Å². The Hall–Kier alpha value is -1.72. The Morgan fingerprint density at radius 1 is 1.50 bits per heavy atom. The number of carbonyl (C=O) groups is 2. The summed E-state index contributed by atoms with van der Waals surface area (Å²) in [7, 11) is 1.38. The molecule has 0 saturated carbocycles. The van der Waals surface area contributed by atoms with E-state index >= 15 is 0 Å². The Balaban J connectivity index is 0. The molecule has 14 heavy (non-hydrogen) atoms. The molecule has 0 rings (SSSR count). The van der Waals surface area contributed by atoms with E-state index in [9.17, 15) is 9.59 Å². The van der Waals surface area contributed by atoms with Crippen LogP contribution in [0.5, 0.6) is 0 Å². The van der Waals surface area contributed by atoms with Crippen molar-refractivity contribution in [1.82, 2.24) is 0 Å². The van der Waals surface area contributed by atoms with Crippen molar-refractivity contribution in [3.63, 3.8) is 0 Å². The van der Waals surface area contributed by atoms with Gasteiger partial charge < -0.3 is 15.9 Å². The van der Waals surface area contributed by atoms with Crippen LogP contribution >= 0.6 is 0 Å². The SMILES string of the molecule is CN=C=O.N[C@@H](CCC(=O)O)C(=O)O. The number of carboxylic acid groups (broad SMARTS) is 2. The third-order valence-corrected chi connectivity index (χ3v) is 1.08. The smallest absolute Gasteiger partial charge is 0.320 e. The lowest BCUT2D eigenvalue weighted by atomic mass is 10.2. The van der Waals surface area contributed by atoms with E-state index in [2.05, 4.69) is 4.99 Å². The zero-order valence-corrected chi connectivity index (χ0v) is 7.64. The minimum atomic E-state index is -1.17. The van der Waals surface area contributed by atoms with E-state index in [0.29, 0.717) is 0 Å². The molecule has 0 aromatic heterocycles. The highest BCUT2D eigenvalue weighted by molar-refractivity contribution is 5.74. The average Bonchev–Trinajstić information content (AvgIpc) is 2.14. The second kappa shape index (κ2) is 9.37. The van der Waals surface area contributed by atoms with Crippen LogP contribution in [-0.2, 0) is 14.4 Å². The predicted molar refractivity (Wildman–Crippen MR) is 46.5 cm³/mol. The maximum atomic E-state index is 9.99. The van der Waals surface area contributed by atoms with Crippen LogP contribution in [0.25, 0.3) is 0 Å². The van der Waals surface area contributed by atoms with E-state index < -0.39 is 18.0 Å². The molecule has 0 fully saturated rings. The Morgan fingerprint density at radius 2 is 1.93 bits per heavy atom. The first kappa shape index (κ1) is 14.8. The third kappa shape index (κ3) is 12.9. The van der Waals surface area contributed by atoms with Crippen molar-refractivity contribution in [3.05, 3.63) is 0 Å². The lowest BCUT2D eigenvalue weighted by Gasteiger charge is -2.01. The van der Waals surface area contributed by atoms with Crippen LogP contribution in [0, 0.1) is 0 Å². The Labute approximate surface area is 80.2 Å². The van der Waals surface area contributed by atoms with Crippen molar-refractivity contribution in [3.8, 4) is 0 Å². The minimum Gasteiger partial charge on any atom is -0.481 e. The van der Waals surface area contributed by atoms with Crippen LogP contribution in [0.4, 0.5) is 0 Å². The molecule has 0 aromatic rings. The number of nitrogens with two attached hydrogens (primary N) is 1. The van der Waals surface area contributed by atoms with Gasteiger partial charge in [0.2, 0.25) is 6.08 Å². The van der Waals surface area contributed by atoms with Gasteiger partial charge in [-0.2, -0.15) is 0 Å². The number of carbonyl (C=O) groups excluding carboxylic acids is 1. The Bertz CT molecular complexity index is 234. The lowest BCUT2D eigenvalue weighted by Crippen LogP contribution is -2.30. The fourth-order valence-electron chi connectivity index (χ4n) is 0.402. The van der Waals surface area contributed by atoms with E-state index in [1.165, 1.54) is 13.1 Å². The van der Waals surface area contributed by atoms with Gasteiger partial charge >= 0.3 is 11.9 Å². The Morgan fingerprint density at radius 3 is 2.14 bits per heavy atom. The van der Waals surface area contributed by atoms with Gasteiger partial charge in [0, 0.05) is 13.5 Å². The quantitative estimate of drug-likeness (QED) is 0.406. The molecule has 4 N–H and O–H groups in total. The van der Waals surface area contributed by atoms with Crippen LogP contribution in [0.2, 0.25) is 0 Å². The van der Waals surface area contributed by atoms with Crippen molar-refractivity contribution in [2.24, 2.45) is 10.7 Å². The van der Waals surface area contributed by atoms with Gasteiger partial charge in [0.25, 0.3) is 0 Å². The molecule has 0 unspecified atom stereocenters. The molecular formula is C7H12N2O5. The molecule has 0 amide bonds. The largest absolute Gasteiger partial charge is 0.481 e. The molecule has 0 saturated heterocycles. The number of aliphatic imine (C=N–C) groups is 1. The first-order chi connectivity index (χ1) is 6.45. The summed E-state index contributed by atoms with van der Waals surface area (Å²) in [5, 5.41) is 16.3. The van der Waals surface area contributed by atoms with Gasteiger partial charge in [-0.25, -0.2) is 9.79 Å². The van der Waals surface area contributed by atoms with E-state index in [4.69, 9.17) is 20.7 Å². The van der Waals surface area contributed by atoms with Gasteiger partial charge in [-0.1, -0.05) is 0 Å². The minimum absolute atomic E-state index is 0.0231. The summed E-state index contributed by atoms with van der Waals surface area (Å²) in [4.78, 5) is 31.7. The number of nitrogens with zero attached hydrogens (tertiary/aromatic N) is 1. The first-order valence-electron chi connectivity index (χ1n) is 3.61. The number of hydrogen-bond donors (Lipinski definition) is 3. The summed E-state index contributed by atoms with van der Waals surface area (Å²) in [6.45, 7) is 0. The standard InChI is InChI=1S/C5H9NO4.C2H3NO/c6-3(5(9)10)1-2-4(7)8;1-3-2-4/h3H,1-2,6H2,(H,7,8)(H,9,10);1H3/t3-;/m0./s1. The van der Waals surface area contributed by atoms with Crippen molar-refractivity contribution in [1.29, 1.82) is 0 Å². The summed E-state index contributed by atoms with van der Waals surface area (Å²) >= 11 is 0. The highest BCUT2D eigenvalue weighted by Gasteiger charge is 2.12. The molecule has 0 aliphatic carbocycles. The lowest BCUT2D eigenvalue weighted by molar-refractivity contribution is -0.139. The molecule has 0 heterocycles. The van der Waals surface area contributed by atoms with Crippen molar-refractivity contribution in [2.75, 3.05) is 7.05 Å². The monoisotopic (exact) mass is 204 g/mol. The molecule has 0 aliphatic heterocycles. The van der Waals surface area contributed by atoms with Gasteiger partial charge in [-0.3, -0.25) is 9.59 Å². The number of hydrogen-bond acceptors (Lipinski definition) is 5. The third-order valence-electron chi connectivity index (χ3n) is 1.08. The van der Waals surface area contributed by atoms with Gasteiger partial charge in [0.15, 0.2) is 0 Å². The van der Waals surface area contributed by atoms with Crippen molar-refractivity contribution < 1.29 is 24.6 Å².